The highest BCUT2D eigenvalue weighted by Gasteiger charge is 2.15. The molecule has 102 valence electrons. The van der Waals surface area contributed by atoms with Crippen LogP contribution in [0.3, 0.4) is 0 Å². The minimum Gasteiger partial charge on any atom is -0.346 e. The van der Waals surface area contributed by atoms with Gasteiger partial charge in [-0.1, -0.05) is 6.92 Å². The van der Waals surface area contributed by atoms with Crippen molar-refractivity contribution in [2.45, 2.75) is 39.3 Å². The minimum atomic E-state index is -0.125. The van der Waals surface area contributed by atoms with Gasteiger partial charge in [-0.05, 0) is 35.7 Å². The van der Waals surface area contributed by atoms with Gasteiger partial charge in [-0.3, -0.25) is 4.79 Å². The van der Waals surface area contributed by atoms with E-state index in [-0.39, 0.29) is 11.9 Å². The first-order valence-corrected chi connectivity index (χ1v) is 7.33. The van der Waals surface area contributed by atoms with Crippen molar-refractivity contribution in [2.75, 3.05) is 0 Å². The number of hydrogen-bond acceptors (Lipinski definition) is 4. The number of thiophene rings is 1. The Morgan fingerprint density at radius 1 is 1.58 bits per heavy atom. The second-order valence-corrected chi connectivity index (χ2v) is 5.22. The molecule has 1 amide bonds. The smallest absolute Gasteiger partial charge is 0.225 e. The van der Waals surface area contributed by atoms with Crippen molar-refractivity contribution in [3.63, 3.8) is 0 Å². The number of nitrogens with zero attached hydrogens (tertiary/aromatic N) is 3. The summed E-state index contributed by atoms with van der Waals surface area (Å²) in [5, 5.41) is 11.1. The van der Waals surface area contributed by atoms with E-state index in [1.807, 2.05) is 28.4 Å². The fourth-order valence-electron chi connectivity index (χ4n) is 1.93. The fraction of sp³-hybridized carbons (Fsp3) is 0.462. The predicted octanol–water partition coefficient (Wildman–Crippen LogP) is 2.17. The van der Waals surface area contributed by atoms with E-state index in [0.29, 0.717) is 6.42 Å². The van der Waals surface area contributed by atoms with Crippen LogP contribution < -0.4 is 5.32 Å². The van der Waals surface area contributed by atoms with Crippen molar-refractivity contribution in [3.05, 3.63) is 34.5 Å². The van der Waals surface area contributed by atoms with E-state index in [4.69, 9.17) is 0 Å². The van der Waals surface area contributed by atoms with Crippen LogP contribution in [0, 0.1) is 0 Å². The van der Waals surface area contributed by atoms with Crippen molar-refractivity contribution >= 4 is 17.2 Å². The zero-order chi connectivity index (χ0) is 13.7. The molecule has 0 saturated heterocycles. The van der Waals surface area contributed by atoms with Gasteiger partial charge in [0, 0.05) is 6.54 Å². The summed E-state index contributed by atoms with van der Waals surface area (Å²) in [6, 6.07) is 1.84. The van der Waals surface area contributed by atoms with Crippen LogP contribution in [0.4, 0.5) is 0 Å². The first kappa shape index (κ1) is 13.7. The molecule has 0 radical (unpaired) electrons. The first-order chi connectivity index (χ1) is 9.20. The first-order valence-electron chi connectivity index (χ1n) is 6.38. The Hall–Kier alpha value is -1.69. The molecule has 1 N–H and O–H groups in total. The van der Waals surface area contributed by atoms with Crippen LogP contribution in [-0.2, 0) is 17.8 Å². The van der Waals surface area contributed by atoms with Gasteiger partial charge in [0.15, 0.2) is 0 Å². The molecule has 19 heavy (non-hydrogen) atoms. The van der Waals surface area contributed by atoms with Gasteiger partial charge in [-0.15, -0.1) is 0 Å². The third kappa shape index (κ3) is 3.64. The van der Waals surface area contributed by atoms with Crippen LogP contribution in [0.1, 0.15) is 37.7 Å². The van der Waals surface area contributed by atoms with Gasteiger partial charge in [0.05, 0.1) is 12.5 Å². The van der Waals surface area contributed by atoms with Crippen LogP contribution in [-0.4, -0.2) is 20.7 Å². The molecule has 1 atom stereocenters. The summed E-state index contributed by atoms with van der Waals surface area (Å²) >= 11 is 1.60. The van der Waals surface area contributed by atoms with Crippen LogP contribution in [0.25, 0.3) is 0 Å². The molecule has 2 aromatic rings. The van der Waals surface area contributed by atoms with Crippen molar-refractivity contribution < 1.29 is 4.79 Å². The maximum absolute atomic E-state index is 11.9. The van der Waals surface area contributed by atoms with Gasteiger partial charge < -0.3 is 5.32 Å². The highest BCUT2D eigenvalue weighted by molar-refractivity contribution is 7.07. The molecule has 6 heteroatoms. The molecule has 2 heterocycles. The summed E-state index contributed by atoms with van der Waals surface area (Å²) in [6.07, 6.45) is 2.94. The van der Waals surface area contributed by atoms with Crippen LogP contribution >= 0.6 is 11.3 Å². The highest BCUT2D eigenvalue weighted by Crippen LogP contribution is 2.11. The summed E-state index contributed by atoms with van der Waals surface area (Å²) in [4.78, 5) is 16.1. The lowest BCUT2D eigenvalue weighted by Gasteiger charge is -2.14. The molecule has 2 aromatic heterocycles. The van der Waals surface area contributed by atoms with Gasteiger partial charge >= 0.3 is 0 Å². The minimum absolute atomic E-state index is 0.0111. The number of rotatable bonds is 6. The third-order valence-corrected chi connectivity index (χ3v) is 3.52. The third-order valence-electron chi connectivity index (χ3n) is 2.79. The van der Waals surface area contributed by atoms with Crippen LogP contribution in [0.2, 0.25) is 0 Å². The van der Waals surface area contributed by atoms with Crippen LogP contribution in [0.5, 0.6) is 0 Å². The van der Waals surface area contributed by atoms with Crippen molar-refractivity contribution in [1.82, 2.24) is 20.1 Å². The zero-order valence-corrected chi connectivity index (χ0v) is 12.0. The number of carbonyl (C=O) groups is 1. The topological polar surface area (TPSA) is 59.8 Å². The standard InChI is InChI=1S/C13H18N4OS/c1-3-5-17-13(14-9-15-17)10(2)16-12(18)7-11-4-6-19-8-11/h4,6,8-10H,3,5,7H2,1-2H3,(H,16,18)/t10-/m1/s1. The summed E-state index contributed by atoms with van der Waals surface area (Å²) in [6.45, 7) is 4.84. The van der Waals surface area contributed by atoms with Gasteiger partial charge in [-0.25, -0.2) is 9.67 Å². The van der Waals surface area contributed by atoms with E-state index in [1.165, 1.54) is 6.33 Å². The molecule has 0 spiro atoms. The lowest BCUT2D eigenvalue weighted by molar-refractivity contribution is -0.121. The molecule has 0 unspecified atom stereocenters. The monoisotopic (exact) mass is 278 g/mol. The maximum atomic E-state index is 11.9. The average molecular weight is 278 g/mol. The number of amides is 1. The number of hydrogen-bond donors (Lipinski definition) is 1. The summed E-state index contributed by atoms with van der Waals surface area (Å²) in [5.41, 5.74) is 1.05. The fourth-order valence-corrected chi connectivity index (χ4v) is 2.60. The number of aryl methyl sites for hydroxylation is 1. The number of carbonyl (C=O) groups excluding carboxylic acids is 1. The Morgan fingerprint density at radius 2 is 2.42 bits per heavy atom. The van der Waals surface area contributed by atoms with E-state index in [0.717, 1.165) is 24.4 Å². The van der Waals surface area contributed by atoms with Gasteiger partial charge in [0.25, 0.3) is 0 Å². The molecule has 0 aliphatic rings. The molecule has 5 nitrogen and oxygen atoms in total. The van der Waals surface area contributed by atoms with Gasteiger partial charge in [-0.2, -0.15) is 16.4 Å². The summed E-state index contributed by atoms with van der Waals surface area (Å²) in [7, 11) is 0. The molecule has 0 aromatic carbocycles. The highest BCUT2D eigenvalue weighted by atomic mass is 32.1. The van der Waals surface area contributed by atoms with E-state index in [2.05, 4.69) is 22.3 Å². The maximum Gasteiger partial charge on any atom is 0.225 e. The molecular weight excluding hydrogens is 260 g/mol. The summed E-state index contributed by atoms with van der Waals surface area (Å²) < 4.78 is 1.84. The normalized spacial score (nSPS) is 12.3. The molecule has 2 rings (SSSR count). The van der Waals surface area contributed by atoms with E-state index >= 15 is 0 Å². The lowest BCUT2D eigenvalue weighted by Crippen LogP contribution is -2.30. The predicted molar refractivity (Wildman–Crippen MR) is 74.9 cm³/mol. The quantitative estimate of drug-likeness (QED) is 0.881. The molecule has 0 aliphatic carbocycles. The Morgan fingerprint density at radius 3 is 3.11 bits per heavy atom. The zero-order valence-electron chi connectivity index (χ0n) is 11.2. The van der Waals surface area contributed by atoms with E-state index in [1.54, 1.807) is 11.3 Å². The molecule has 0 fully saturated rings. The Kier molecular flexibility index (Phi) is 4.68. The molecule has 0 saturated carbocycles. The molecular formula is C13H18N4OS. The van der Waals surface area contributed by atoms with Crippen molar-refractivity contribution in [2.24, 2.45) is 0 Å². The largest absolute Gasteiger partial charge is 0.346 e. The van der Waals surface area contributed by atoms with Crippen molar-refractivity contribution in [3.8, 4) is 0 Å². The summed E-state index contributed by atoms with van der Waals surface area (Å²) in [5.74, 6) is 0.817. The Bertz CT molecular complexity index is 520. The average Bonchev–Trinajstić information content (AvgIpc) is 3.00. The SMILES string of the molecule is CCCn1ncnc1[C@@H](C)NC(=O)Cc1ccsc1. The Labute approximate surface area is 116 Å². The van der Waals surface area contributed by atoms with E-state index < -0.39 is 0 Å². The van der Waals surface area contributed by atoms with Crippen molar-refractivity contribution in [1.29, 1.82) is 0 Å². The number of aromatic nitrogens is 3. The molecule has 0 aliphatic heterocycles. The second kappa shape index (κ2) is 6.47. The van der Waals surface area contributed by atoms with Gasteiger partial charge in [0.1, 0.15) is 12.2 Å². The molecule has 0 bridgehead atoms. The van der Waals surface area contributed by atoms with Gasteiger partial charge in [0.2, 0.25) is 5.91 Å². The Balaban J connectivity index is 1.94. The second-order valence-electron chi connectivity index (χ2n) is 4.44. The van der Waals surface area contributed by atoms with E-state index in [9.17, 15) is 4.79 Å². The number of nitrogens with one attached hydrogen (secondary N) is 1. The lowest BCUT2D eigenvalue weighted by atomic mass is 10.2. The van der Waals surface area contributed by atoms with Crippen LogP contribution in [0.15, 0.2) is 23.2 Å².